The van der Waals surface area contributed by atoms with Crippen LogP contribution in [0.25, 0.3) is 21.9 Å². The van der Waals surface area contributed by atoms with Gasteiger partial charge in [-0.3, -0.25) is 9.78 Å². The SMILES string of the molecule is COc1cc2ccnc3c2c(c1OC)-c1ccc(O)cc1C3=O. The van der Waals surface area contributed by atoms with Gasteiger partial charge >= 0.3 is 0 Å². The second-order valence-electron chi connectivity index (χ2n) is 5.30. The lowest BCUT2D eigenvalue weighted by Crippen LogP contribution is -2.13. The first-order chi connectivity index (χ1) is 11.2. The van der Waals surface area contributed by atoms with Crippen molar-refractivity contribution in [2.75, 3.05) is 14.2 Å². The molecule has 1 heterocycles. The van der Waals surface area contributed by atoms with E-state index < -0.39 is 0 Å². The Morgan fingerprint density at radius 2 is 1.87 bits per heavy atom. The highest BCUT2D eigenvalue weighted by Crippen LogP contribution is 2.48. The summed E-state index contributed by atoms with van der Waals surface area (Å²) >= 11 is 0. The number of carbonyl (C=O) groups is 1. The van der Waals surface area contributed by atoms with E-state index in [-0.39, 0.29) is 11.5 Å². The fourth-order valence-corrected chi connectivity index (χ4v) is 3.15. The normalized spacial score (nSPS) is 12.2. The van der Waals surface area contributed by atoms with E-state index >= 15 is 0 Å². The number of aromatic hydroxyl groups is 1. The average molecular weight is 307 g/mol. The van der Waals surface area contributed by atoms with Crippen LogP contribution in [-0.2, 0) is 0 Å². The number of aromatic nitrogens is 1. The molecule has 0 fully saturated rings. The third-order valence-electron chi connectivity index (χ3n) is 4.13. The first kappa shape index (κ1) is 13.6. The van der Waals surface area contributed by atoms with Crippen LogP contribution in [0.5, 0.6) is 17.2 Å². The van der Waals surface area contributed by atoms with Gasteiger partial charge in [0.1, 0.15) is 11.4 Å². The summed E-state index contributed by atoms with van der Waals surface area (Å²) in [5.41, 5.74) is 2.23. The number of ether oxygens (including phenoxy) is 2. The van der Waals surface area contributed by atoms with Crippen molar-refractivity contribution in [2.45, 2.75) is 0 Å². The standard InChI is InChI=1S/C18H13NO4/c1-22-13-7-9-5-6-19-16-14(9)15(18(13)23-2)11-4-3-10(20)8-12(11)17(16)21/h3-8,20H,1-2H3. The first-order valence-corrected chi connectivity index (χ1v) is 7.07. The van der Waals surface area contributed by atoms with Crippen LogP contribution in [0.1, 0.15) is 16.1 Å². The number of nitrogens with zero attached hydrogens (tertiary/aromatic N) is 1. The molecule has 3 aromatic rings. The highest BCUT2D eigenvalue weighted by Gasteiger charge is 2.30. The molecule has 0 spiro atoms. The molecule has 1 aliphatic carbocycles. The monoisotopic (exact) mass is 307 g/mol. The van der Waals surface area contributed by atoms with Crippen molar-refractivity contribution in [2.24, 2.45) is 0 Å². The second-order valence-corrected chi connectivity index (χ2v) is 5.30. The van der Waals surface area contributed by atoms with E-state index in [1.807, 2.05) is 12.1 Å². The molecule has 1 aliphatic rings. The van der Waals surface area contributed by atoms with E-state index in [1.54, 1.807) is 32.5 Å². The van der Waals surface area contributed by atoms with Gasteiger partial charge < -0.3 is 14.6 Å². The number of fused-ring (bicyclic) bond motifs is 2. The lowest BCUT2D eigenvalue weighted by molar-refractivity contribution is 0.103. The predicted molar refractivity (Wildman–Crippen MR) is 85.4 cm³/mol. The van der Waals surface area contributed by atoms with E-state index in [0.29, 0.717) is 28.3 Å². The summed E-state index contributed by atoms with van der Waals surface area (Å²) in [6, 6.07) is 8.40. The van der Waals surface area contributed by atoms with Crippen LogP contribution < -0.4 is 9.47 Å². The lowest BCUT2D eigenvalue weighted by Gasteiger charge is -2.22. The van der Waals surface area contributed by atoms with Crippen molar-refractivity contribution in [3.8, 4) is 28.4 Å². The number of carbonyl (C=O) groups excluding carboxylic acids is 1. The Balaban J connectivity index is 2.26. The number of hydrogen-bond donors (Lipinski definition) is 1. The zero-order valence-corrected chi connectivity index (χ0v) is 12.6. The van der Waals surface area contributed by atoms with Gasteiger partial charge in [0.15, 0.2) is 11.5 Å². The predicted octanol–water partition coefficient (Wildman–Crippen LogP) is 3.17. The van der Waals surface area contributed by atoms with Gasteiger partial charge in [0.25, 0.3) is 0 Å². The van der Waals surface area contributed by atoms with Crippen LogP contribution in [0.4, 0.5) is 0 Å². The van der Waals surface area contributed by atoms with Crippen LogP contribution in [0.15, 0.2) is 36.5 Å². The maximum Gasteiger partial charge on any atom is 0.212 e. The largest absolute Gasteiger partial charge is 0.508 e. The number of ketones is 1. The van der Waals surface area contributed by atoms with Gasteiger partial charge in [-0.2, -0.15) is 0 Å². The molecule has 23 heavy (non-hydrogen) atoms. The molecule has 4 rings (SSSR count). The minimum absolute atomic E-state index is 0.0367. The van der Waals surface area contributed by atoms with Crippen molar-refractivity contribution < 1.29 is 19.4 Å². The maximum absolute atomic E-state index is 12.8. The van der Waals surface area contributed by atoms with Crippen molar-refractivity contribution in [3.63, 3.8) is 0 Å². The molecule has 0 unspecified atom stereocenters. The molecule has 0 atom stereocenters. The summed E-state index contributed by atoms with van der Waals surface area (Å²) in [5.74, 6) is 0.963. The van der Waals surface area contributed by atoms with E-state index in [2.05, 4.69) is 4.98 Å². The highest BCUT2D eigenvalue weighted by molar-refractivity contribution is 6.26. The van der Waals surface area contributed by atoms with Gasteiger partial charge in [-0.1, -0.05) is 0 Å². The van der Waals surface area contributed by atoms with Crippen molar-refractivity contribution in [1.29, 1.82) is 0 Å². The molecule has 0 amide bonds. The number of phenols is 1. The Morgan fingerprint density at radius 1 is 1.04 bits per heavy atom. The zero-order chi connectivity index (χ0) is 16.1. The Hall–Kier alpha value is -3.08. The highest BCUT2D eigenvalue weighted by atomic mass is 16.5. The Morgan fingerprint density at radius 3 is 2.61 bits per heavy atom. The van der Waals surface area contributed by atoms with E-state index in [4.69, 9.17) is 9.47 Å². The van der Waals surface area contributed by atoms with Crippen molar-refractivity contribution >= 4 is 16.6 Å². The molecular weight excluding hydrogens is 294 g/mol. The molecule has 0 radical (unpaired) electrons. The number of pyridine rings is 1. The van der Waals surface area contributed by atoms with Crippen LogP contribution in [0.2, 0.25) is 0 Å². The van der Waals surface area contributed by atoms with E-state index in [0.717, 1.165) is 16.3 Å². The molecule has 1 N–H and O–H groups in total. The quantitative estimate of drug-likeness (QED) is 0.616. The topological polar surface area (TPSA) is 68.7 Å². The molecule has 5 heteroatoms. The molecule has 0 bridgehead atoms. The minimum atomic E-state index is -0.207. The third kappa shape index (κ3) is 1.73. The average Bonchev–Trinajstić information content (AvgIpc) is 2.58. The molecule has 0 saturated carbocycles. The van der Waals surface area contributed by atoms with Gasteiger partial charge in [0.05, 0.1) is 14.2 Å². The Bertz CT molecular complexity index is 978. The van der Waals surface area contributed by atoms with E-state index in [9.17, 15) is 9.90 Å². The van der Waals surface area contributed by atoms with Gasteiger partial charge in [0, 0.05) is 22.7 Å². The van der Waals surface area contributed by atoms with Crippen LogP contribution in [0.3, 0.4) is 0 Å². The van der Waals surface area contributed by atoms with Gasteiger partial charge in [-0.05, 0) is 41.3 Å². The summed E-state index contributed by atoms with van der Waals surface area (Å²) in [6.07, 6.45) is 1.60. The number of hydrogen-bond acceptors (Lipinski definition) is 5. The zero-order valence-electron chi connectivity index (χ0n) is 12.6. The molecular formula is C18H13NO4. The molecule has 114 valence electrons. The fourth-order valence-electron chi connectivity index (χ4n) is 3.15. The third-order valence-corrected chi connectivity index (χ3v) is 4.13. The molecule has 0 saturated heterocycles. The smallest absolute Gasteiger partial charge is 0.212 e. The molecule has 1 aromatic heterocycles. The number of benzene rings is 2. The van der Waals surface area contributed by atoms with Crippen LogP contribution in [-0.4, -0.2) is 30.1 Å². The summed E-state index contributed by atoms with van der Waals surface area (Å²) in [7, 11) is 3.14. The van der Waals surface area contributed by atoms with Crippen LogP contribution in [0, 0.1) is 0 Å². The molecule has 0 aliphatic heterocycles. The lowest BCUT2D eigenvalue weighted by atomic mass is 9.84. The van der Waals surface area contributed by atoms with Crippen LogP contribution >= 0.6 is 0 Å². The van der Waals surface area contributed by atoms with Gasteiger partial charge in [-0.15, -0.1) is 0 Å². The van der Waals surface area contributed by atoms with Crippen molar-refractivity contribution in [1.82, 2.24) is 4.98 Å². The summed E-state index contributed by atoms with van der Waals surface area (Å²) in [5, 5.41) is 11.3. The molecule has 5 nitrogen and oxygen atoms in total. The summed E-state index contributed by atoms with van der Waals surface area (Å²) in [6.45, 7) is 0. The van der Waals surface area contributed by atoms with Crippen molar-refractivity contribution in [3.05, 3.63) is 47.8 Å². The number of methoxy groups -OCH3 is 2. The van der Waals surface area contributed by atoms with Gasteiger partial charge in [-0.25, -0.2) is 0 Å². The number of phenolic OH excluding ortho intramolecular Hbond substituents is 1. The fraction of sp³-hybridized carbons (Fsp3) is 0.111. The summed E-state index contributed by atoms with van der Waals surface area (Å²) in [4.78, 5) is 17.0. The summed E-state index contributed by atoms with van der Waals surface area (Å²) < 4.78 is 11.0. The van der Waals surface area contributed by atoms with E-state index in [1.165, 1.54) is 6.07 Å². The maximum atomic E-state index is 12.8. The van der Waals surface area contributed by atoms with Gasteiger partial charge in [0.2, 0.25) is 5.78 Å². The Labute approximate surface area is 132 Å². The number of rotatable bonds is 2. The minimum Gasteiger partial charge on any atom is -0.508 e. The Kier molecular flexibility index (Phi) is 2.78. The second kappa shape index (κ2) is 4.71. The first-order valence-electron chi connectivity index (χ1n) is 7.07. The molecule has 2 aromatic carbocycles.